The minimum absolute atomic E-state index is 0.161. The normalized spacial score (nSPS) is 20.9. The van der Waals surface area contributed by atoms with E-state index in [0.717, 1.165) is 12.3 Å². The first-order valence-electron chi connectivity index (χ1n) is 6.53. The van der Waals surface area contributed by atoms with Crippen molar-refractivity contribution in [2.75, 3.05) is 6.54 Å². The molecule has 0 aromatic rings. The van der Waals surface area contributed by atoms with Crippen LogP contribution in [0, 0.1) is 17.8 Å². The van der Waals surface area contributed by atoms with Gasteiger partial charge in [-0.15, -0.1) is 0 Å². The lowest BCUT2D eigenvalue weighted by Crippen LogP contribution is -2.21. The summed E-state index contributed by atoms with van der Waals surface area (Å²) in [5, 5.41) is 8.76. The van der Waals surface area contributed by atoms with Crippen LogP contribution in [0.4, 0.5) is 0 Å². The van der Waals surface area contributed by atoms with E-state index < -0.39 is 5.97 Å². The van der Waals surface area contributed by atoms with Gasteiger partial charge in [0, 0.05) is 6.42 Å². The predicted octanol–water partition coefficient (Wildman–Crippen LogP) is 2.64. The summed E-state index contributed by atoms with van der Waals surface area (Å²) in [4.78, 5) is 10.6. The van der Waals surface area contributed by atoms with Crippen molar-refractivity contribution in [1.82, 2.24) is 0 Å². The highest BCUT2D eigenvalue weighted by molar-refractivity contribution is 5.67. The molecule has 3 heteroatoms. The Morgan fingerprint density at radius 3 is 2.56 bits per heavy atom. The van der Waals surface area contributed by atoms with E-state index in [-0.39, 0.29) is 12.3 Å². The summed E-state index contributed by atoms with van der Waals surface area (Å²) >= 11 is 0. The third kappa shape index (κ3) is 4.97. The molecule has 0 aliphatic heterocycles. The Morgan fingerprint density at radius 2 is 2.06 bits per heavy atom. The Labute approximate surface area is 98.4 Å². The molecule has 0 amide bonds. The lowest BCUT2D eigenvalue weighted by molar-refractivity contribution is -0.138. The van der Waals surface area contributed by atoms with Crippen LogP contribution in [-0.2, 0) is 4.79 Å². The monoisotopic (exact) mass is 227 g/mol. The molecule has 2 unspecified atom stereocenters. The summed E-state index contributed by atoms with van der Waals surface area (Å²) in [6, 6.07) is 0. The van der Waals surface area contributed by atoms with Crippen LogP contribution in [0.25, 0.3) is 0 Å². The fraction of sp³-hybridized carbons (Fsp3) is 0.923. The molecule has 1 aliphatic rings. The van der Waals surface area contributed by atoms with Crippen molar-refractivity contribution in [2.24, 2.45) is 23.5 Å². The van der Waals surface area contributed by atoms with E-state index in [1.807, 2.05) is 0 Å². The second kappa shape index (κ2) is 6.89. The van der Waals surface area contributed by atoms with E-state index in [4.69, 9.17) is 10.8 Å². The lowest BCUT2D eigenvalue weighted by Gasteiger charge is -2.20. The molecule has 3 nitrogen and oxygen atoms in total. The summed E-state index contributed by atoms with van der Waals surface area (Å²) in [7, 11) is 0. The number of hydrogen-bond acceptors (Lipinski definition) is 2. The van der Waals surface area contributed by atoms with Crippen LogP contribution < -0.4 is 5.73 Å². The van der Waals surface area contributed by atoms with Crippen LogP contribution in [-0.4, -0.2) is 17.6 Å². The van der Waals surface area contributed by atoms with Gasteiger partial charge in [0.1, 0.15) is 0 Å². The standard InChI is InChI=1S/C13H25NO2/c1-10(6-11-4-2-3-5-11)7-12(9-14)8-13(15)16/h10-12H,2-9,14H2,1H3,(H,15,16). The zero-order valence-electron chi connectivity index (χ0n) is 10.3. The first-order valence-corrected chi connectivity index (χ1v) is 6.53. The van der Waals surface area contributed by atoms with Gasteiger partial charge >= 0.3 is 5.97 Å². The van der Waals surface area contributed by atoms with Gasteiger partial charge in [-0.05, 0) is 37.1 Å². The topological polar surface area (TPSA) is 63.3 Å². The largest absolute Gasteiger partial charge is 0.481 e. The molecule has 0 aromatic carbocycles. The molecule has 2 atom stereocenters. The molecule has 0 heterocycles. The molecule has 1 aliphatic carbocycles. The van der Waals surface area contributed by atoms with Crippen molar-refractivity contribution in [1.29, 1.82) is 0 Å². The molecule has 0 aromatic heterocycles. The van der Waals surface area contributed by atoms with Crippen molar-refractivity contribution in [3.05, 3.63) is 0 Å². The Kier molecular flexibility index (Phi) is 5.81. The van der Waals surface area contributed by atoms with Crippen LogP contribution >= 0.6 is 0 Å². The number of nitrogens with two attached hydrogens (primary N) is 1. The SMILES string of the molecule is CC(CC1CCCC1)CC(CN)CC(=O)O. The van der Waals surface area contributed by atoms with Gasteiger partial charge in [0.15, 0.2) is 0 Å². The number of aliphatic carboxylic acids is 1. The molecule has 0 bridgehead atoms. The van der Waals surface area contributed by atoms with Gasteiger partial charge in [0.2, 0.25) is 0 Å². The fourth-order valence-electron chi connectivity index (χ4n) is 2.99. The van der Waals surface area contributed by atoms with Crippen molar-refractivity contribution >= 4 is 5.97 Å². The van der Waals surface area contributed by atoms with Crippen molar-refractivity contribution in [3.63, 3.8) is 0 Å². The predicted molar refractivity (Wildman–Crippen MR) is 65.2 cm³/mol. The highest BCUT2D eigenvalue weighted by Crippen LogP contribution is 2.32. The minimum atomic E-state index is -0.719. The van der Waals surface area contributed by atoms with Gasteiger partial charge in [-0.3, -0.25) is 4.79 Å². The van der Waals surface area contributed by atoms with Crippen LogP contribution in [0.5, 0.6) is 0 Å². The highest BCUT2D eigenvalue weighted by Gasteiger charge is 2.20. The summed E-state index contributed by atoms with van der Waals surface area (Å²) < 4.78 is 0. The summed E-state index contributed by atoms with van der Waals surface area (Å²) in [6.45, 7) is 2.74. The highest BCUT2D eigenvalue weighted by atomic mass is 16.4. The van der Waals surface area contributed by atoms with E-state index in [9.17, 15) is 4.79 Å². The van der Waals surface area contributed by atoms with E-state index in [2.05, 4.69) is 6.92 Å². The van der Waals surface area contributed by atoms with Gasteiger partial charge in [-0.2, -0.15) is 0 Å². The Morgan fingerprint density at radius 1 is 1.44 bits per heavy atom. The molecule has 3 N–H and O–H groups in total. The van der Waals surface area contributed by atoms with Gasteiger partial charge in [0.05, 0.1) is 0 Å². The Hall–Kier alpha value is -0.570. The second-order valence-corrected chi connectivity index (χ2v) is 5.43. The molecule has 1 rings (SSSR count). The average molecular weight is 227 g/mol. The zero-order valence-corrected chi connectivity index (χ0v) is 10.3. The maximum absolute atomic E-state index is 10.6. The first kappa shape index (κ1) is 13.5. The van der Waals surface area contributed by atoms with Crippen molar-refractivity contribution in [2.45, 2.75) is 51.9 Å². The maximum Gasteiger partial charge on any atom is 0.303 e. The molecule has 0 spiro atoms. The Balaban J connectivity index is 2.24. The lowest BCUT2D eigenvalue weighted by atomic mass is 9.86. The van der Waals surface area contributed by atoms with Gasteiger partial charge < -0.3 is 10.8 Å². The Bertz CT molecular complexity index is 212. The van der Waals surface area contributed by atoms with Crippen molar-refractivity contribution < 1.29 is 9.90 Å². The third-order valence-electron chi connectivity index (χ3n) is 3.74. The zero-order chi connectivity index (χ0) is 12.0. The number of carboxylic acid groups (broad SMARTS) is 1. The first-order chi connectivity index (χ1) is 7.61. The quantitative estimate of drug-likeness (QED) is 0.702. The molecule has 16 heavy (non-hydrogen) atoms. The number of rotatable bonds is 7. The summed E-state index contributed by atoms with van der Waals surface area (Å²) in [5.41, 5.74) is 5.61. The van der Waals surface area contributed by atoms with Gasteiger partial charge in [-0.25, -0.2) is 0 Å². The number of carbonyl (C=O) groups is 1. The molecular formula is C13H25NO2. The smallest absolute Gasteiger partial charge is 0.303 e. The van der Waals surface area contributed by atoms with Gasteiger partial charge in [-0.1, -0.05) is 32.6 Å². The molecular weight excluding hydrogens is 202 g/mol. The fourth-order valence-corrected chi connectivity index (χ4v) is 2.99. The second-order valence-electron chi connectivity index (χ2n) is 5.43. The summed E-state index contributed by atoms with van der Waals surface area (Å²) in [6.07, 6.45) is 7.97. The van der Waals surface area contributed by atoms with E-state index in [1.54, 1.807) is 0 Å². The van der Waals surface area contributed by atoms with Crippen molar-refractivity contribution in [3.8, 4) is 0 Å². The van der Waals surface area contributed by atoms with E-state index in [0.29, 0.717) is 12.5 Å². The molecule has 94 valence electrons. The average Bonchev–Trinajstić information content (AvgIpc) is 2.68. The van der Waals surface area contributed by atoms with Crippen LogP contribution in [0.15, 0.2) is 0 Å². The van der Waals surface area contributed by atoms with Crippen LogP contribution in [0.2, 0.25) is 0 Å². The van der Waals surface area contributed by atoms with Gasteiger partial charge in [0.25, 0.3) is 0 Å². The van der Waals surface area contributed by atoms with E-state index >= 15 is 0 Å². The molecule has 1 saturated carbocycles. The maximum atomic E-state index is 10.6. The summed E-state index contributed by atoms with van der Waals surface area (Å²) in [5.74, 6) is 0.951. The third-order valence-corrected chi connectivity index (χ3v) is 3.74. The molecule has 0 saturated heterocycles. The van der Waals surface area contributed by atoms with Crippen LogP contribution in [0.1, 0.15) is 51.9 Å². The molecule has 0 radical (unpaired) electrons. The van der Waals surface area contributed by atoms with Crippen LogP contribution in [0.3, 0.4) is 0 Å². The number of carboxylic acids is 1. The number of hydrogen-bond donors (Lipinski definition) is 2. The minimum Gasteiger partial charge on any atom is -0.481 e. The molecule has 1 fully saturated rings. The van der Waals surface area contributed by atoms with E-state index in [1.165, 1.54) is 32.1 Å².